The fourth-order valence-electron chi connectivity index (χ4n) is 3.07. The summed E-state index contributed by atoms with van der Waals surface area (Å²) in [5.74, 6) is 0.516. The molecule has 25 heavy (non-hydrogen) atoms. The van der Waals surface area contributed by atoms with Crippen LogP contribution in [0, 0.1) is 0 Å². The van der Waals surface area contributed by atoms with Crippen LogP contribution in [0.5, 0.6) is 23.0 Å². The Labute approximate surface area is 149 Å². The number of rotatable bonds is 8. The average Bonchev–Trinajstić information content (AvgIpc) is 2.58. The molecule has 0 aliphatic heterocycles. The van der Waals surface area contributed by atoms with E-state index >= 15 is 0 Å². The number of aryl methyl sites for hydroxylation is 2. The fraction of sp³-hybridized carbons (Fsp3) is 0.429. The Morgan fingerprint density at radius 1 is 0.600 bits per heavy atom. The maximum absolute atomic E-state index is 10.5. The first-order valence-corrected chi connectivity index (χ1v) is 9.03. The van der Waals surface area contributed by atoms with E-state index in [1.165, 1.54) is 12.1 Å². The lowest BCUT2D eigenvalue weighted by Crippen LogP contribution is -1.97. The first-order valence-electron chi connectivity index (χ1n) is 9.03. The van der Waals surface area contributed by atoms with E-state index in [1.54, 1.807) is 12.1 Å². The molecule has 0 amide bonds. The van der Waals surface area contributed by atoms with Crippen LogP contribution in [0.25, 0.3) is 0 Å². The van der Waals surface area contributed by atoms with Crippen LogP contribution in [0.3, 0.4) is 0 Å². The smallest absolute Gasteiger partial charge is 0.122 e. The molecule has 0 heterocycles. The van der Waals surface area contributed by atoms with Crippen molar-refractivity contribution >= 4 is 0 Å². The van der Waals surface area contributed by atoms with Crippen molar-refractivity contribution in [1.82, 2.24) is 0 Å². The summed E-state index contributed by atoms with van der Waals surface area (Å²) < 4.78 is 0. The van der Waals surface area contributed by atoms with Gasteiger partial charge in [0.2, 0.25) is 0 Å². The van der Waals surface area contributed by atoms with Crippen LogP contribution in [0.4, 0.5) is 0 Å². The second-order valence-electron chi connectivity index (χ2n) is 6.61. The van der Waals surface area contributed by atoms with E-state index in [0.29, 0.717) is 35.1 Å². The molecule has 0 aromatic heterocycles. The molecule has 4 heteroatoms. The first-order chi connectivity index (χ1) is 12.0. The number of phenolic OH excluding ortho intramolecular Hbond substituents is 4. The third-order valence-electron chi connectivity index (χ3n) is 4.49. The van der Waals surface area contributed by atoms with E-state index in [9.17, 15) is 20.4 Å². The van der Waals surface area contributed by atoms with E-state index < -0.39 is 0 Å². The normalized spacial score (nSPS) is 11.0. The Bertz CT molecular complexity index is 661. The predicted octanol–water partition coefficient (Wildman–Crippen LogP) is 4.79. The summed E-state index contributed by atoms with van der Waals surface area (Å²) >= 11 is 0. The molecule has 0 bridgehead atoms. The van der Waals surface area contributed by atoms with Gasteiger partial charge < -0.3 is 20.4 Å². The molecule has 136 valence electrons. The lowest BCUT2D eigenvalue weighted by atomic mass is 9.95. The van der Waals surface area contributed by atoms with Gasteiger partial charge >= 0.3 is 0 Å². The van der Waals surface area contributed by atoms with Crippen molar-refractivity contribution in [3.05, 3.63) is 46.5 Å². The monoisotopic (exact) mass is 344 g/mol. The van der Waals surface area contributed by atoms with Gasteiger partial charge in [0.15, 0.2) is 0 Å². The van der Waals surface area contributed by atoms with Crippen LogP contribution in [0.15, 0.2) is 24.3 Å². The van der Waals surface area contributed by atoms with Gasteiger partial charge in [-0.05, 0) is 61.1 Å². The molecule has 4 nitrogen and oxygen atoms in total. The largest absolute Gasteiger partial charge is 0.508 e. The minimum absolute atomic E-state index is 0.102. The Morgan fingerprint density at radius 2 is 0.960 bits per heavy atom. The number of phenols is 4. The number of unbranched alkanes of at least 4 members (excludes halogenated alkanes) is 2. The van der Waals surface area contributed by atoms with Crippen LogP contribution in [-0.2, 0) is 19.3 Å². The molecule has 4 N–H and O–H groups in total. The summed E-state index contributed by atoms with van der Waals surface area (Å²) in [5, 5.41) is 41.0. The Hall–Kier alpha value is -2.36. The van der Waals surface area contributed by atoms with Crippen LogP contribution < -0.4 is 0 Å². The Kier molecular flexibility index (Phi) is 6.57. The quantitative estimate of drug-likeness (QED) is 0.519. The van der Waals surface area contributed by atoms with Crippen molar-refractivity contribution in [2.24, 2.45) is 0 Å². The molecule has 0 saturated carbocycles. The topological polar surface area (TPSA) is 80.9 Å². The standard InChI is InChI=1S/C21H28O4/c1-3-5-7-14-10-18(22)12-16(20(14)24)9-17-13-19(23)11-15(21(17)25)8-6-4-2/h10-13,22-25H,3-9H2,1-2H3. The van der Waals surface area contributed by atoms with E-state index in [0.717, 1.165) is 25.7 Å². The third kappa shape index (κ3) is 4.81. The molecule has 0 radical (unpaired) electrons. The first kappa shape index (κ1) is 19.0. The zero-order valence-corrected chi connectivity index (χ0v) is 15.0. The van der Waals surface area contributed by atoms with Crippen molar-refractivity contribution in [3.63, 3.8) is 0 Å². The predicted molar refractivity (Wildman–Crippen MR) is 99.6 cm³/mol. The van der Waals surface area contributed by atoms with Gasteiger partial charge in [0.25, 0.3) is 0 Å². The van der Waals surface area contributed by atoms with E-state index in [4.69, 9.17) is 0 Å². The summed E-state index contributed by atoms with van der Waals surface area (Å²) in [6, 6.07) is 6.20. The Balaban J connectivity index is 2.36. The maximum atomic E-state index is 10.5. The molecule has 0 spiro atoms. The molecule has 2 aromatic carbocycles. The molecule has 2 rings (SSSR count). The number of hydrogen-bond acceptors (Lipinski definition) is 4. The zero-order chi connectivity index (χ0) is 18.4. The lowest BCUT2D eigenvalue weighted by Gasteiger charge is -2.14. The summed E-state index contributed by atoms with van der Waals surface area (Å²) in [7, 11) is 0. The Morgan fingerprint density at radius 3 is 1.32 bits per heavy atom. The SMILES string of the molecule is CCCCc1cc(O)cc(Cc2cc(O)cc(CCCC)c2O)c1O. The summed E-state index contributed by atoms with van der Waals surface area (Å²) in [6.45, 7) is 4.15. The van der Waals surface area contributed by atoms with Crippen molar-refractivity contribution in [2.75, 3.05) is 0 Å². The van der Waals surface area contributed by atoms with Gasteiger partial charge in [-0.3, -0.25) is 0 Å². The molecule has 0 aliphatic carbocycles. The van der Waals surface area contributed by atoms with Crippen LogP contribution in [0.1, 0.15) is 61.8 Å². The number of aromatic hydroxyl groups is 4. The minimum Gasteiger partial charge on any atom is -0.508 e. The lowest BCUT2D eigenvalue weighted by molar-refractivity contribution is 0.441. The average molecular weight is 344 g/mol. The zero-order valence-electron chi connectivity index (χ0n) is 15.0. The molecule has 0 unspecified atom stereocenters. The van der Waals surface area contributed by atoms with Gasteiger partial charge in [-0.25, -0.2) is 0 Å². The van der Waals surface area contributed by atoms with Crippen molar-refractivity contribution in [2.45, 2.75) is 58.8 Å². The van der Waals surface area contributed by atoms with Gasteiger partial charge in [0, 0.05) is 17.5 Å². The van der Waals surface area contributed by atoms with Crippen LogP contribution >= 0.6 is 0 Å². The summed E-state index contributed by atoms with van der Waals surface area (Å²) in [5.41, 5.74) is 2.52. The third-order valence-corrected chi connectivity index (χ3v) is 4.49. The van der Waals surface area contributed by atoms with E-state index in [1.807, 2.05) is 0 Å². The highest BCUT2D eigenvalue weighted by Gasteiger charge is 2.15. The van der Waals surface area contributed by atoms with Gasteiger partial charge in [-0.15, -0.1) is 0 Å². The fourth-order valence-corrected chi connectivity index (χ4v) is 3.07. The molecule has 0 atom stereocenters. The summed E-state index contributed by atoms with van der Waals surface area (Å²) in [6.07, 6.45) is 5.48. The number of benzene rings is 2. The molecular weight excluding hydrogens is 316 g/mol. The van der Waals surface area contributed by atoms with Gasteiger partial charge in [0.05, 0.1) is 0 Å². The highest BCUT2D eigenvalue weighted by molar-refractivity contribution is 5.52. The maximum Gasteiger partial charge on any atom is 0.122 e. The molecule has 2 aromatic rings. The highest BCUT2D eigenvalue weighted by Crippen LogP contribution is 2.35. The highest BCUT2D eigenvalue weighted by atomic mass is 16.3. The molecule has 0 fully saturated rings. The van der Waals surface area contributed by atoms with Crippen molar-refractivity contribution in [3.8, 4) is 23.0 Å². The van der Waals surface area contributed by atoms with Crippen LogP contribution in [-0.4, -0.2) is 20.4 Å². The van der Waals surface area contributed by atoms with Gasteiger partial charge in [-0.2, -0.15) is 0 Å². The van der Waals surface area contributed by atoms with E-state index in [-0.39, 0.29) is 29.4 Å². The van der Waals surface area contributed by atoms with Gasteiger partial charge in [0.1, 0.15) is 23.0 Å². The van der Waals surface area contributed by atoms with Crippen LogP contribution in [0.2, 0.25) is 0 Å². The number of hydrogen-bond donors (Lipinski definition) is 4. The molecular formula is C21H28O4. The van der Waals surface area contributed by atoms with Crippen molar-refractivity contribution < 1.29 is 20.4 Å². The minimum atomic E-state index is 0.102. The second-order valence-corrected chi connectivity index (χ2v) is 6.61. The van der Waals surface area contributed by atoms with E-state index in [2.05, 4.69) is 13.8 Å². The molecule has 0 saturated heterocycles. The molecule has 0 aliphatic rings. The van der Waals surface area contributed by atoms with Gasteiger partial charge in [-0.1, -0.05) is 26.7 Å². The summed E-state index contributed by atoms with van der Waals surface area (Å²) in [4.78, 5) is 0. The second kappa shape index (κ2) is 8.65. The van der Waals surface area contributed by atoms with Crippen molar-refractivity contribution in [1.29, 1.82) is 0 Å².